The first kappa shape index (κ1) is 18.4. The second kappa shape index (κ2) is 11.3. The molecular formula is C16H28N2O2. The Labute approximate surface area is 123 Å². The van der Waals surface area contributed by atoms with Gasteiger partial charge in [0, 0.05) is 0 Å². The van der Waals surface area contributed by atoms with Crippen molar-refractivity contribution in [2.75, 3.05) is 32.1 Å². The molecular weight excluding hydrogens is 252 g/mol. The molecule has 0 radical (unpaired) electrons. The van der Waals surface area contributed by atoms with E-state index in [4.69, 9.17) is 4.74 Å². The fraction of sp³-hybridized carbons (Fsp3) is 0.562. The summed E-state index contributed by atoms with van der Waals surface area (Å²) in [5, 5.41) is 2.88. The molecule has 0 aliphatic rings. The summed E-state index contributed by atoms with van der Waals surface area (Å²) in [4.78, 5) is 14.0. The summed E-state index contributed by atoms with van der Waals surface area (Å²) in [7, 11) is 1.60. The summed E-state index contributed by atoms with van der Waals surface area (Å²) in [5.41, 5.74) is 0.720. The van der Waals surface area contributed by atoms with Crippen molar-refractivity contribution in [3.05, 3.63) is 24.3 Å². The van der Waals surface area contributed by atoms with E-state index in [-0.39, 0.29) is 5.91 Å². The first-order chi connectivity index (χ1) is 9.71. The molecule has 4 nitrogen and oxygen atoms in total. The topological polar surface area (TPSA) is 41.6 Å². The molecule has 1 rings (SSSR count). The maximum absolute atomic E-state index is 11.9. The summed E-state index contributed by atoms with van der Waals surface area (Å²) >= 11 is 0. The summed E-state index contributed by atoms with van der Waals surface area (Å²) in [5.74, 6) is 0.680. The minimum atomic E-state index is -0.00481. The lowest BCUT2D eigenvalue weighted by molar-refractivity contribution is -0.117. The lowest BCUT2D eigenvalue weighted by atomic mass is 10.3. The van der Waals surface area contributed by atoms with E-state index in [1.807, 2.05) is 38.1 Å². The van der Waals surface area contributed by atoms with Gasteiger partial charge in [0.1, 0.15) is 5.75 Å². The van der Waals surface area contributed by atoms with Gasteiger partial charge in [-0.05, 0) is 31.6 Å². The number of hydrogen-bond donors (Lipinski definition) is 1. The Kier molecular flexibility index (Phi) is 10.4. The van der Waals surface area contributed by atoms with Gasteiger partial charge in [-0.25, -0.2) is 0 Å². The van der Waals surface area contributed by atoms with Crippen LogP contribution in [-0.4, -0.2) is 37.6 Å². The van der Waals surface area contributed by atoms with Crippen LogP contribution < -0.4 is 10.1 Å². The predicted octanol–water partition coefficient (Wildman–Crippen LogP) is 3.39. The van der Waals surface area contributed by atoms with Crippen molar-refractivity contribution in [3.63, 3.8) is 0 Å². The molecule has 0 unspecified atom stereocenters. The molecule has 0 saturated carbocycles. The first-order valence-corrected chi connectivity index (χ1v) is 7.36. The number of methoxy groups -OCH3 is 1. The summed E-state index contributed by atoms with van der Waals surface area (Å²) in [6, 6.07) is 7.43. The van der Waals surface area contributed by atoms with Gasteiger partial charge in [0.2, 0.25) is 5.91 Å². The minimum Gasteiger partial charge on any atom is -0.495 e. The first-order valence-electron chi connectivity index (χ1n) is 7.36. The molecule has 1 aromatic carbocycles. The van der Waals surface area contributed by atoms with Crippen molar-refractivity contribution in [1.82, 2.24) is 4.90 Å². The number of carbonyl (C=O) groups is 1. The second-order valence-corrected chi connectivity index (χ2v) is 4.12. The van der Waals surface area contributed by atoms with E-state index >= 15 is 0 Å². The number of nitrogens with zero attached hydrogens (tertiary/aromatic N) is 1. The number of amides is 1. The number of carbonyl (C=O) groups excluding carboxylic acids is 1. The smallest absolute Gasteiger partial charge is 0.238 e. The average Bonchev–Trinajstić information content (AvgIpc) is 2.49. The molecule has 0 aliphatic carbocycles. The Morgan fingerprint density at radius 2 is 1.90 bits per heavy atom. The van der Waals surface area contributed by atoms with Crippen LogP contribution in [0, 0.1) is 0 Å². The van der Waals surface area contributed by atoms with E-state index in [2.05, 4.69) is 24.1 Å². The number of para-hydroxylation sites is 2. The zero-order valence-electron chi connectivity index (χ0n) is 13.4. The van der Waals surface area contributed by atoms with Crippen molar-refractivity contribution in [3.8, 4) is 5.75 Å². The zero-order valence-corrected chi connectivity index (χ0v) is 13.4. The fourth-order valence-corrected chi connectivity index (χ4v) is 1.81. The largest absolute Gasteiger partial charge is 0.495 e. The molecule has 0 bridgehead atoms. The number of likely N-dealkylation sites (N-methyl/N-ethyl adjacent to an activating group) is 1. The molecule has 0 fully saturated rings. The van der Waals surface area contributed by atoms with Crippen LogP contribution >= 0.6 is 0 Å². The highest BCUT2D eigenvalue weighted by molar-refractivity contribution is 5.93. The van der Waals surface area contributed by atoms with Crippen LogP contribution in [0.2, 0.25) is 0 Å². The van der Waals surface area contributed by atoms with Crippen LogP contribution in [0.1, 0.15) is 34.1 Å². The summed E-state index contributed by atoms with van der Waals surface area (Å²) < 4.78 is 5.20. The highest BCUT2D eigenvalue weighted by Crippen LogP contribution is 2.22. The predicted molar refractivity (Wildman–Crippen MR) is 85.4 cm³/mol. The van der Waals surface area contributed by atoms with Crippen molar-refractivity contribution in [2.45, 2.75) is 34.1 Å². The molecule has 0 spiro atoms. The Bertz CT molecular complexity index is 380. The molecule has 114 valence electrons. The van der Waals surface area contributed by atoms with E-state index in [9.17, 15) is 4.79 Å². The Morgan fingerprint density at radius 1 is 1.25 bits per heavy atom. The third-order valence-corrected chi connectivity index (χ3v) is 2.74. The van der Waals surface area contributed by atoms with Crippen LogP contribution in [0.15, 0.2) is 24.3 Å². The van der Waals surface area contributed by atoms with E-state index in [0.717, 1.165) is 25.2 Å². The summed E-state index contributed by atoms with van der Waals surface area (Å²) in [6.07, 6.45) is 1.05. The molecule has 0 aliphatic heterocycles. The zero-order chi connectivity index (χ0) is 15.4. The van der Waals surface area contributed by atoms with Crippen LogP contribution in [0.25, 0.3) is 0 Å². The van der Waals surface area contributed by atoms with Gasteiger partial charge in [-0.1, -0.05) is 39.8 Å². The normalized spacial score (nSPS) is 9.70. The fourth-order valence-electron chi connectivity index (χ4n) is 1.81. The van der Waals surface area contributed by atoms with E-state index in [1.54, 1.807) is 7.11 Å². The van der Waals surface area contributed by atoms with Crippen LogP contribution in [0.3, 0.4) is 0 Å². The lowest BCUT2D eigenvalue weighted by Gasteiger charge is -2.19. The molecule has 1 amide bonds. The molecule has 0 atom stereocenters. The number of benzene rings is 1. The highest BCUT2D eigenvalue weighted by Gasteiger charge is 2.10. The van der Waals surface area contributed by atoms with Crippen LogP contribution in [0.4, 0.5) is 5.69 Å². The van der Waals surface area contributed by atoms with Gasteiger partial charge in [0.15, 0.2) is 0 Å². The van der Waals surface area contributed by atoms with Gasteiger partial charge < -0.3 is 10.1 Å². The van der Waals surface area contributed by atoms with Gasteiger partial charge in [-0.3, -0.25) is 9.69 Å². The van der Waals surface area contributed by atoms with Gasteiger partial charge in [-0.2, -0.15) is 0 Å². The lowest BCUT2D eigenvalue weighted by Crippen LogP contribution is -2.33. The van der Waals surface area contributed by atoms with Crippen LogP contribution in [-0.2, 0) is 4.79 Å². The maximum Gasteiger partial charge on any atom is 0.238 e. The number of nitrogens with one attached hydrogen (secondary N) is 1. The summed E-state index contributed by atoms with van der Waals surface area (Å²) in [6.45, 7) is 10.4. The second-order valence-electron chi connectivity index (χ2n) is 4.12. The van der Waals surface area contributed by atoms with Gasteiger partial charge >= 0.3 is 0 Å². The average molecular weight is 280 g/mol. The van der Waals surface area contributed by atoms with E-state index < -0.39 is 0 Å². The number of anilines is 1. The van der Waals surface area contributed by atoms with Gasteiger partial charge in [-0.15, -0.1) is 0 Å². The van der Waals surface area contributed by atoms with Crippen LogP contribution in [0.5, 0.6) is 5.75 Å². The molecule has 20 heavy (non-hydrogen) atoms. The molecule has 0 aromatic heterocycles. The SMILES string of the molecule is CC.CCCN(CC)CC(=O)Nc1ccccc1OC. The number of rotatable bonds is 7. The Balaban J connectivity index is 0.00000172. The molecule has 4 heteroatoms. The van der Waals surface area contributed by atoms with Crippen molar-refractivity contribution < 1.29 is 9.53 Å². The minimum absolute atomic E-state index is 0.00481. The van der Waals surface area contributed by atoms with Crippen molar-refractivity contribution in [2.24, 2.45) is 0 Å². The standard InChI is InChI=1S/C14H22N2O2.C2H6/c1-4-10-16(5-2)11-14(17)15-12-8-6-7-9-13(12)18-3;1-2/h6-9H,4-5,10-11H2,1-3H3,(H,15,17);1-2H3. The number of ether oxygens (including phenoxy) is 1. The van der Waals surface area contributed by atoms with E-state index in [1.165, 1.54) is 0 Å². The molecule has 1 N–H and O–H groups in total. The van der Waals surface area contributed by atoms with Gasteiger partial charge in [0.05, 0.1) is 19.3 Å². The van der Waals surface area contributed by atoms with Gasteiger partial charge in [0.25, 0.3) is 0 Å². The highest BCUT2D eigenvalue weighted by atomic mass is 16.5. The molecule has 1 aromatic rings. The van der Waals surface area contributed by atoms with Crippen molar-refractivity contribution >= 4 is 11.6 Å². The third-order valence-electron chi connectivity index (χ3n) is 2.74. The number of hydrogen-bond acceptors (Lipinski definition) is 3. The monoisotopic (exact) mass is 280 g/mol. The Morgan fingerprint density at radius 3 is 2.45 bits per heavy atom. The quantitative estimate of drug-likeness (QED) is 0.832. The van der Waals surface area contributed by atoms with Crippen molar-refractivity contribution in [1.29, 1.82) is 0 Å². The maximum atomic E-state index is 11.9. The Hall–Kier alpha value is -1.55. The third kappa shape index (κ3) is 6.57. The molecule has 0 heterocycles. The molecule has 0 saturated heterocycles. The van der Waals surface area contributed by atoms with E-state index in [0.29, 0.717) is 12.3 Å².